The molecule has 2 nitrogen and oxygen atoms in total. The van der Waals surface area contributed by atoms with E-state index in [0.717, 1.165) is 5.56 Å². The molecule has 0 spiro atoms. The van der Waals surface area contributed by atoms with Crippen molar-refractivity contribution in [1.29, 1.82) is 0 Å². The summed E-state index contributed by atoms with van der Waals surface area (Å²) >= 11 is 0. The Morgan fingerprint density at radius 1 is 1.19 bits per heavy atom. The number of Topliss-reactive ketones (excluding diaryl/α,β-unsaturated/α-hetero) is 1. The lowest BCUT2D eigenvalue weighted by Gasteiger charge is -2.25. The molecular formula is C11H9F3O2. The fourth-order valence-corrected chi connectivity index (χ4v) is 1.84. The Balaban J connectivity index is 2.33. The number of aryl methyl sites for hydroxylation is 1. The molecule has 2 rings (SSSR count). The first-order chi connectivity index (χ1) is 7.47. The molecule has 0 saturated carbocycles. The SMILES string of the molecule is O=C1CCc2ccccc2C1OC(F)(F)F. The molecule has 0 aliphatic heterocycles. The van der Waals surface area contributed by atoms with Crippen LogP contribution in [0.25, 0.3) is 0 Å². The zero-order chi connectivity index (χ0) is 11.8. The number of carbonyl (C=O) groups is 1. The van der Waals surface area contributed by atoms with E-state index >= 15 is 0 Å². The highest BCUT2D eigenvalue weighted by Crippen LogP contribution is 2.34. The van der Waals surface area contributed by atoms with Gasteiger partial charge < -0.3 is 0 Å². The number of alkyl halides is 3. The molecule has 1 aliphatic rings. The van der Waals surface area contributed by atoms with Crippen molar-refractivity contribution in [2.75, 3.05) is 0 Å². The average molecular weight is 230 g/mol. The first-order valence-electron chi connectivity index (χ1n) is 4.82. The second kappa shape index (κ2) is 3.90. The topological polar surface area (TPSA) is 26.3 Å². The normalized spacial score (nSPS) is 20.7. The van der Waals surface area contributed by atoms with Gasteiger partial charge in [0.05, 0.1) is 0 Å². The Labute approximate surface area is 90.0 Å². The zero-order valence-corrected chi connectivity index (χ0v) is 8.25. The Bertz CT molecular complexity index is 412. The van der Waals surface area contributed by atoms with Gasteiger partial charge in [0.15, 0.2) is 11.9 Å². The number of halogens is 3. The highest BCUT2D eigenvalue weighted by molar-refractivity contribution is 5.86. The molecule has 1 atom stereocenters. The van der Waals surface area contributed by atoms with Gasteiger partial charge in [0, 0.05) is 6.42 Å². The maximum atomic E-state index is 12.1. The third kappa shape index (κ3) is 2.24. The van der Waals surface area contributed by atoms with Gasteiger partial charge in [-0.05, 0) is 17.5 Å². The molecule has 0 amide bonds. The zero-order valence-electron chi connectivity index (χ0n) is 8.25. The van der Waals surface area contributed by atoms with Crippen LogP contribution >= 0.6 is 0 Å². The maximum absolute atomic E-state index is 12.1. The van der Waals surface area contributed by atoms with Gasteiger partial charge in [0.1, 0.15) is 0 Å². The number of hydrogen-bond donors (Lipinski definition) is 0. The molecular weight excluding hydrogens is 221 g/mol. The highest BCUT2D eigenvalue weighted by Gasteiger charge is 2.39. The number of benzene rings is 1. The van der Waals surface area contributed by atoms with Crippen LogP contribution in [-0.4, -0.2) is 12.1 Å². The number of fused-ring (bicyclic) bond motifs is 1. The molecule has 0 fully saturated rings. The predicted molar refractivity (Wildman–Crippen MR) is 49.7 cm³/mol. The van der Waals surface area contributed by atoms with E-state index in [1.165, 1.54) is 6.07 Å². The Morgan fingerprint density at radius 3 is 2.56 bits per heavy atom. The lowest BCUT2D eigenvalue weighted by atomic mass is 9.88. The van der Waals surface area contributed by atoms with Gasteiger partial charge in [0.2, 0.25) is 0 Å². The summed E-state index contributed by atoms with van der Waals surface area (Å²) < 4.78 is 40.3. The second-order valence-electron chi connectivity index (χ2n) is 3.61. The third-order valence-corrected chi connectivity index (χ3v) is 2.52. The van der Waals surface area contributed by atoms with E-state index in [9.17, 15) is 18.0 Å². The molecule has 1 aromatic carbocycles. The Morgan fingerprint density at radius 2 is 1.88 bits per heavy atom. The summed E-state index contributed by atoms with van der Waals surface area (Å²) in [5.74, 6) is -0.518. The minimum Gasteiger partial charge on any atom is -0.296 e. The minimum absolute atomic E-state index is 0.0950. The fraction of sp³-hybridized carbons (Fsp3) is 0.364. The summed E-state index contributed by atoms with van der Waals surface area (Å²) in [6.07, 6.45) is -5.71. The largest absolute Gasteiger partial charge is 0.523 e. The van der Waals surface area contributed by atoms with E-state index < -0.39 is 18.2 Å². The van der Waals surface area contributed by atoms with E-state index in [0.29, 0.717) is 12.0 Å². The van der Waals surface area contributed by atoms with Crippen LogP contribution in [0.15, 0.2) is 24.3 Å². The number of carbonyl (C=O) groups excluding carboxylic acids is 1. The van der Waals surface area contributed by atoms with Crippen molar-refractivity contribution in [2.45, 2.75) is 25.3 Å². The van der Waals surface area contributed by atoms with Gasteiger partial charge in [-0.25, -0.2) is 0 Å². The Hall–Kier alpha value is -1.36. The number of rotatable bonds is 1. The lowest BCUT2D eigenvalue weighted by molar-refractivity contribution is -0.339. The van der Waals surface area contributed by atoms with Crippen LogP contribution in [0, 0.1) is 0 Å². The van der Waals surface area contributed by atoms with Gasteiger partial charge in [0.25, 0.3) is 0 Å². The van der Waals surface area contributed by atoms with Gasteiger partial charge in [-0.1, -0.05) is 24.3 Å². The molecule has 86 valence electrons. The van der Waals surface area contributed by atoms with Crippen LogP contribution in [0.5, 0.6) is 0 Å². The van der Waals surface area contributed by atoms with Crippen LogP contribution < -0.4 is 0 Å². The number of ether oxygens (including phenoxy) is 1. The molecule has 1 unspecified atom stereocenters. The second-order valence-corrected chi connectivity index (χ2v) is 3.61. The van der Waals surface area contributed by atoms with Crippen molar-refractivity contribution in [2.24, 2.45) is 0 Å². The average Bonchev–Trinajstić information content (AvgIpc) is 2.21. The minimum atomic E-state index is -4.79. The van der Waals surface area contributed by atoms with E-state index in [4.69, 9.17) is 0 Å². The van der Waals surface area contributed by atoms with Gasteiger partial charge >= 0.3 is 6.36 Å². The van der Waals surface area contributed by atoms with Crippen molar-refractivity contribution in [1.82, 2.24) is 0 Å². The number of hydrogen-bond acceptors (Lipinski definition) is 2. The first-order valence-corrected chi connectivity index (χ1v) is 4.82. The molecule has 0 aromatic heterocycles. The molecule has 0 saturated heterocycles. The fourth-order valence-electron chi connectivity index (χ4n) is 1.84. The molecule has 16 heavy (non-hydrogen) atoms. The molecule has 5 heteroatoms. The van der Waals surface area contributed by atoms with Crippen LogP contribution in [0.3, 0.4) is 0 Å². The predicted octanol–water partition coefficient (Wildman–Crippen LogP) is 2.78. The summed E-state index contributed by atoms with van der Waals surface area (Å²) in [7, 11) is 0. The monoisotopic (exact) mass is 230 g/mol. The summed E-state index contributed by atoms with van der Waals surface area (Å²) in [6, 6.07) is 6.56. The Kier molecular flexibility index (Phi) is 2.71. The number of ketones is 1. The molecule has 0 radical (unpaired) electrons. The van der Waals surface area contributed by atoms with E-state index in [2.05, 4.69) is 4.74 Å². The van der Waals surface area contributed by atoms with E-state index in [-0.39, 0.29) is 6.42 Å². The van der Waals surface area contributed by atoms with Crippen LogP contribution in [-0.2, 0) is 16.0 Å². The molecule has 1 aliphatic carbocycles. The summed E-state index contributed by atoms with van der Waals surface area (Å²) in [5, 5.41) is 0. The first kappa shape index (κ1) is 11.1. The van der Waals surface area contributed by atoms with Gasteiger partial charge in [-0.3, -0.25) is 9.53 Å². The van der Waals surface area contributed by atoms with Crippen LogP contribution in [0.1, 0.15) is 23.7 Å². The lowest BCUT2D eigenvalue weighted by Crippen LogP contribution is -2.28. The van der Waals surface area contributed by atoms with Gasteiger partial charge in [-0.15, -0.1) is 13.2 Å². The van der Waals surface area contributed by atoms with Crippen LogP contribution in [0.2, 0.25) is 0 Å². The van der Waals surface area contributed by atoms with E-state index in [1.807, 2.05) is 0 Å². The molecule has 1 aromatic rings. The van der Waals surface area contributed by atoms with Crippen molar-refractivity contribution < 1.29 is 22.7 Å². The third-order valence-electron chi connectivity index (χ3n) is 2.52. The maximum Gasteiger partial charge on any atom is 0.523 e. The van der Waals surface area contributed by atoms with Crippen molar-refractivity contribution in [3.63, 3.8) is 0 Å². The summed E-state index contributed by atoms with van der Waals surface area (Å²) in [4.78, 5) is 11.4. The van der Waals surface area contributed by atoms with Crippen molar-refractivity contribution in [3.8, 4) is 0 Å². The highest BCUT2D eigenvalue weighted by atomic mass is 19.4. The molecule has 0 N–H and O–H groups in total. The smallest absolute Gasteiger partial charge is 0.296 e. The van der Waals surface area contributed by atoms with Crippen LogP contribution in [0.4, 0.5) is 13.2 Å². The summed E-state index contributed by atoms with van der Waals surface area (Å²) in [6.45, 7) is 0. The van der Waals surface area contributed by atoms with Crippen molar-refractivity contribution >= 4 is 5.78 Å². The van der Waals surface area contributed by atoms with Crippen molar-refractivity contribution in [3.05, 3.63) is 35.4 Å². The quantitative estimate of drug-likeness (QED) is 0.741. The van der Waals surface area contributed by atoms with E-state index in [1.54, 1.807) is 18.2 Å². The molecule has 0 heterocycles. The molecule has 0 bridgehead atoms. The standard InChI is InChI=1S/C11H9F3O2/c12-11(13,14)16-10-8-4-2-1-3-7(8)5-6-9(10)15/h1-4,10H,5-6H2. The van der Waals surface area contributed by atoms with Gasteiger partial charge in [-0.2, -0.15) is 0 Å². The summed E-state index contributed by atoms with van der Waals surface area (Å²) in [5.41, 5.74) is 1.08.